The van der Waals surface area contributed by atoms with E-state index in [1.807, 2.05) is 37.3 Å². The van der Waals surface area contributed by atoms with Crippen LogP contribution in [0.15, 0.2) is 30.3 Å². The van der Waals surface area contributed by atoms with E-state index in [4.69, 9.17) is 4.74 Å². The summed E-state index contributed by atoms with van der Waals surface area (Å²) >= 11 is 1.31. The maximum absolute atomic E-state index is 12.4. The molecule has 0 heterocycles. The van der Waals surface area contributed by atoms with Crippen molar-refractivity contribution in [1.29, 1.82) is 0 Å². The SMILES string of the molecule is CCCC(NC(=O)C(C)SC(C)C(=O)OC)c1ccccc1. The quantitative estimate of drug-likeness (QED) is 0.746. The molecule has 0 aromatic heterocycles. The number of hydrogen-bond donors (Lipinski definition) is 1. The van der Waals surface area contributed by atoms with Crippen molar-refractivity contribution in [2.45, 2.75) is 50.2 Å². The normalized spacial score (nSPS) is 14.7. The molecule has 3 unspecified atom stereocenters. The van der Waals surface area contributed by atoms with Gasteiger partial charge in [0.15, 0.2) is 0 Å². The summed E-state index contributed by atoms with van der Waals surface area (Å²) in [5.41, 5.74) is 1.11. The number of carbonyl (C=O) groups excluding carboxylic acids is 2. The van der Waals surface area contributed by atoms with Crippen LogP contribution in [0.5, 0.6) is 0 Å². The Kier molecular flexibility index (Phi) is 8.02. The molecule has 0 aliphatic carbocycles. The van der Waals surface area contributed by atoms with Crippen molar-refractivity contribution in [3.05, 3.63) is 35.9 Å². The Morgan fingerprint density at radius 3 is 2.36 bits per heavy atom. The molecule has 0 saturated heterocycles. The first-order valence-electron chi connectivity index (χ1n) is 7.58. The molecule has 22 heavy (non-hydrogen) atoms. The number of benzene rings is 1. The Labute approximate surface area is 137 Å². The van der Waals surface area contributed by atoms with Gasteiger partial charge in [0.05, 0.1) is 18.4 Å². The Hall–Kier alpha value is -1.49. The number of methoxy groups -OCH3 is 1. The van der Waals surface area contributed by atoms with E-state index < -0.39 is 0 Å². The minimum atomic E-state index is -0.355. The molecule has 3 atom stereocenters. The zero-order valence-electron chi connectivity index (χ0n) is 13.7. The van der Waals surface area contributed by atoms with Crippen LogP contribution in [0.1, 0.15) is 45.2 Å². The monoisotopic (exact) mass is 323 g/mol. The summed E-state index contributed by atoms with van der Waals surface area (Å²) in [5.74, 6) is -0.360. The highest BCUT2D eigenvalue weighted by Gasteiger charge is 2.24. The summed E-state index contributed by atoms with van der Waals surface area (Å²) in [6.07, 6.45) is 1.87. The number of hydrogen-bond acceptors (Lipinski definition) is 4. The van der Waals surface area contributed by atoms with E-state index >= 15 is 0 Å². The summed E-state index contributed by atoms with van der Waals surface area (Å²) in [7, 11) is 1.36. The van der Waals surface area contributed by atoms with E-state index in [-0.39, 0.29) is 28.4 Å². The van der Waals surface area contributed by atoms with Crippen LogP contribution in [0.4, 0.5) is 0 Å². The van der Waals surface area contributed by atoms with Crippen LogP contribution in [0.25, 0.3) is 0 Å². The van der Waals surface area contributed by atoms with Crippen molar-refractivity contribution in [2.75, 3.05) is 7.11 Å². The molecule has 0 spiro atoms. The molecule has 122 valence electrons. The maximum atomic E-state index is 12.4. The number of amides is 1. The van der Waals surface area contributed by atoms with Gasteiger partial charge in [-0.15, -0.1) is 11.8 Å². The van der Waals surface area contributed by atoms with E-state index in [0.29, 0.717) is 0 Å². The van der Waals surface area contributed by atoms with Crippen molar-refractivity contribution in [2.24, 2.45) is 0 Å². The van der Waals surface area contributed by atoms with E-state index in [9.17, 15) is 9.59 Å². The first-order valence-corrected chi connectivity index (χ1v) is 8.52. The molecule has 0 saturated carbocycles. The van der Waals surface area contributed by atoms with Gasteiger partial charge in [-0.3, -0.25) is 9.59 Å². The van der Waals surface area contributed by atoms with Crippen molar-refractivity contribution < 1.29 is 14.3 Å². The highest BCUT2D eigenvalue weighted by molar-refractivity contribution is 8.01. The average molecular weight is 323 g/mol. The van der Waals surface area contributed by atoms with Gasteiger partial charge in [-0.05, 0) is 25.8 Å². The van der Waals surface area contributed by atoms with Gasteiger partial charge in [0, 0.05) is 0 Å². The number of ether oxygens (including phenoxy) is 1. The molecule has 1 aromatic rings. The zero-order valence-corrected chi connectivity index (χ0v) is 14.5. The highest BCUT2D eigenvalue weighted by Crippen LogP contribution is 2.22. The van der Waals surface area contributed by atoms with E-state index in [1.54, 1.807) is 6.92 Å². The predicted molar refractivity (Wildman–Crippen MR) is 90.8 cm³/mol. The predicted octanol–water partition coefficient (Wildman–Crippen LogP) is 3.33. The molecule has 1 aromatic carbocycles. The van der Waals surface area contributed by atoms with Gasteiger partial charge < -0.3 is 10.1 Å². The molecule has 1 rings (SSSR count). The third kappa shape index (κ3) is 5.72. The molecule has 0 aliphatic rings. The number of carbonyl (C=O) groups is 2. The largest absolute Gasteiger partial charge is 0.468 e. The van der Waals surface area contributed by atoms with Crippen molar-refractivity contribution in [1.82, 2.24) is 5.32 Å². The van der Waals surface area contributed by atoms with E-state index in [1.165, 1.54) is 18.9 Å². The van der Waals surface area contributed by atoms with Crippen molar-refractivity contribution in [3.8, 4) is 0 Å². The van der Waals surface area contributed by atoms with Gasteiger partial charge >= 0.3 is 5.97 Å². The van der Waals surface area contributed by atoms with Crippen LogP contribution in [-0.2, 0) is 14.3 Å². The van der Waals surface area contributed by atoms with Gasteiger partial charge in [-0.2, -0.15) is 0 Å². The standard InChI is InChI=1S/C17H25NO3S/c1-5-9-15(14-10-7-6-8-11-14)18-16(19)12(2)22-13(3)17(20)21-4/h6-8,10-13,15H,5,9H2,1-4H3,(H,18,19). The summed E-state index contributed by atoms with van der Waals surface area (Å²) < 4.78 is 4.69. The summed E-state index contributed by atoms with van der Waals surface area (Å²) in [4.78, 5) is 23.8. The smallest absolute Gasteiger partial charge is 0.318 e. The molecule has 0 bridgehead atoms. The average Bonchev–Trinajstić information content (AvgIpc) is 2.54. The van der Waals surface area contributed by atoms with Crippen LogP contribution in [-0.4, -0.2) is 29.5 Å². The maximum Gasteiger partial charge on any atom is 0.318 e. The van der Waals surface area contributed by atoms with Crippen LogP contribution in [0, 0.1) is 0 Å². The zero-order chi connectivity index (χ0) is 16.5. The third-order valence-electron chi connectivity index (χ3n) is 3.41. The van der Waals surface area contributed by atoms with Crippen molar-refractivity contribution in [3.63, 3.8) is 0 Å². The topological polar surface area (TPSA) is 55.4 Å². The second-order valence-corrected chi connectivity index (χ2v) is 6.89. The van der Waals surface area contributed by atoms with Crippen LogP contribution >= 0.6 is 11.8 Å². The Morgan fingerprint density at radius 1 is 1.18 bits per heavy atom. The third-order valence-corrected chi connectivity index (χ3v) is 4.63. The second-order valence-electron chi connectivity index (χ2n) is 5.20. The van der Waals surface area contributed by atoms with E-state index in [2.05, 4.69) is 12.2 Å². The summed E-state index contributed by atoms with van der Waals surface area (Å²) in [6.45, 7) is 5.66. The first-order chi connectivity index (χ1) is 10.5. The van der Waals surface area contributed by atoms with Crippen LogP contribution < -0.4 is 5.32 Å². The fraction of sp³-hybridized carbons (Fsp3) is 0.529. The molecule has 0 aliphatic heterocycles. The lowest BCUT2D eigenvalue weighted by atomic mass is 10.0. The summed E-state index contributed by atoms with van der Waals surface area (Å²) in [5, 5.41) is 2.42. The fourth-order valence-corrected chi connectivity index (χ4v) is 3.19. The summed E-state index contributed by atoms with van der Waals surface area (Å²) in [6, 6.07) is 9.97. The van der Waals surface area contributed by atoms with Gasteiger partial charge in [-0.1, -0.05) is 43.7 Å². The van der Waals surface area contributed by atoms with Gasteiger partial charge in [0.1, 0.15) is 5.25 Å². The Balaban J connectivity index is 2.65. The fourth-order valence-electron chi connectivity index (χ4n) is 2.17. The molecule has 0 radical (unpaired) electrons. The molecule has 1 N–H and O–H groups in total. The second kappa shape index (κ2) is 9.51. The molecular weight excluding hydrogens is 298 g/mol. The highest BCUT2D eigenvalue weighted by atomic mass is 32.2. The van der Waals surface area contributed by atoms with Gasteiger partial charge in [-0.25, -0.2) is 0 Å². The van der Waals surface area contributed by atoms with Crippen LogP contribution in [0.2, 0.25) is 0 Å². The number of rotatable bonds is 8. The van der Waals surface area contributed by atoms with Crippen molar-refractivity contribution >= 4 is 23.6 Å². The minimum absolute atomic E-state index is 0.00943. The lowest BCUT2D eigenvalue weighted by Crippen LogP contribution is -2.35. The number of nitrogens with one attached hydrogen (secondary N) is 1. The Morgan fingerprint density at radius 2 is 1.82 bits per heavy atom. The first kappa shape index (κ1) is 18.6. The lowest BCUT2D eigenvalue weighted by Gasteiger charge is -2.22. The lowest BCUT2D eigenvalue weighted by molar-refractivity contribution is -0.139. The number of esters is 1. The molecule has 0 fully saturated rings. The van der Waals surface area contributed by atoms with Gasteiger partial charge in [0.2, 0.25) is 5.91 Å². The van der Waals surface area contributed by atoms with Crippen LogP contribution in [0.3, 0.4) is 0 Å². The molecule has 5 heteroatoms. The Bertz CT molecular complexity index is 478. The minimum Gasteiger partial charge on any atom is -0.468 e. The number of thioether (sulfide) groups is 1. The van der Waals surface area contributed by atoms with Gasteiger partial charge in [0.25, 0.3) is 0 Å². The molecule has 4 nitrogen and oxygen atoms in total. The van der Waals surface area contributed by atoms with E-state index in [0.717, 1.165) is 18.4 Å². The molecular formula is C17H25NO3S. The molecule has 1 amide bonds.